The van der Waals surface area contributed by atoms with Crippen molar-refractivity contribution in [1.82, 2.24) is 24.9 Å². The summed E-state index contributed by atoms with van der Waals surface area (Å²) in [5, 5.41) is 6.49. The summed E-state index contributed by atoms with van der Waals surface area (Å²) >= 11 is 0. The molecule has 0 spiro atoms. The van der Waals surface area contributed by atoms with Crippen molar-refractivity contribution in [3.05, 3.63) is 36.2 Å². The van der Waals surface area contributed by atoms with E-state index in [1.54, 1.807) is 18.1 Å². The van der Waals surface area contributed by atoms with Gasteiger partial charge < -0.3 is 19.3 Å². The third kappa shape index (κ3) is 2.96. The molecule has 8 heteroatoms. The molecule has 2 aromatic rings. The summed E-state index contributed by atoms with van der Waals surface area (Å²) in [6, 6.07) is 1.36. The smallest absolute Gasteiger partial charge is 0.273 e. The Balaban J connectivity index is 1.75. The molecule has 0 radical (unpaired) electrons. The number of aryl methyl sites for hydroxylation is 1. The van der Waals surface area contributed by atoms with Crippen LogP contribution >= 0.6 is 0 Å². The highest BCUT2D eigenvalue weighted by molar-refractivity contribution is 5.91. The lowest BCUT2D eigenvalue weighted by molar-refractivity contribution is -0.137. The molecule has 0 saturated carbocycles. The van der Waals surface area contributed by atoms with Gasteiger partial charge in [-0.25, -0.2) is 4.98 Å². The van der Waals surface area contributed by atoms with Gasteiger partial charge in [0.1, 0.15) is 12.1 Å². The minimum atomic E-state index is -0.281. The van der Waals surface area contributed by atoms with E-state index in [4.69, 9.17) is 0 Å². The van der Waals surface area contributed by atoms with Crippen molar-refractivity contribution in [2.45, 2.75) is 18.9 Å². The van der Waals surface area contributed by atoms with Gasteiger partial charge in [-0.2, -0.15) is 0 Å². The molecule has 0 bridgehead atoms. The minimum Gasteiger partial charge on any atom is -0.364 e. The lowest BCUT2D eigenvalue weighted by atomic mass is 9.88. The monoisotopic (exact) mass is 317 g/mol. The van der Waals surface area contributed by atoms with Crippen LogP contribution in [0.1, 0.15) is 35.2 Å². The summed E-state index contributed by atoms with van der Waals surface area (Å²) in [4.78, 5) is 30.2. The Labute approximate surface area is 133 Å². The summed E-state index contributed by atoms with van der Waals surface area (Å²) < 4.78 is 6.59. The number of amides is 2. The van der Waals surface area contributed by atoms with Gasteiger partial charge in [0.05, 0.1) is 6.04 Å². The maximum Gasteiger partial charge on any atom is 0.273 e. The van der Waals surface area contributed by atoms with E-state index < -0.39 is 0 Å². The predicted molar refractivity (Wildman–Crippen MR) is 80.3 cm³/mol. The highest BCUT2D eigenvalue weighted by atomic mass is 16.5. The van der Waals surface area contributed by atoms with Gasteiger partial charge in [-0.3, -0.25) is 9.59 Å². The van der Waals surface area contributed by atoms with Crippen molar-refractivity contribution in [2.75, 3.05) is 13.6 Å². The van der Waals surface area contributed by atoms with E-state index in [1.807, 2.05) is 17.8 Å². The summed E-state index contributed by atoms with van der Waals surface area (Å²) in [5.41, 5.74) is 0.249. The zero-order chi connectivity index (χ0) is 16.4. The summed E-state index contributed by atoms with van der Waals surface area (Å²) in [6.07, 6.45) is 6.11. The van der Waals surface area contributed by atoms with Gasteiger partial charge >= 0.3 is 0 Å². The van der Waals surface area contributed by atoms with Crippen molar-refractivity contribution in [3.8, 4) is 0 Å². The van der Waals surface area contributed by atoms with E-state index in [0.29, 0.717) is 19.4 Å². The van der Waals surface area contributed by atoms with E-state index in [0.717, 1.165) is 5.82 Å². The molecule has 3 heterocycles. The van der Waals surface area contributed by atoms with Gasteiger partial charge in [-0.15, -0.1) is 0 Å². The van der Waals surface area contributed by atoms with Crippen LogP contribution in [-0.2, 0) is 11.8 Å². The van der Waals surface area contributed by atoms with E-state index >= 15 is 0 Å². The van der Waals surface area contributed by atoms with Crippen molar-refractivity contribution < 1.29 is 14.1 Å². The second kappa shape index (κ2) is 6.23. The molecule has 1 N–H and O–H groups in total. The molecule has 1 aliphatic rings. The second-order valence-corrected chi connectivity index (χ2v) is 5.74. The van der Waals surface area contributed by atoms with Crippen LogP contribution in [-0.4, -0.2) is 45.0 Å². The van der Waals surface area contributed by atoms with E-state index in [1.165, 1.54) is 12.3 Å². The summed E-state index contributed by atoms with van der Waals surface area (Å²) in [6.45, 7) is 0.445. The average molecular weight is 317 g/mol. The first-order valence-electron chi connectivity index (χ1n) is 7.49. The zero-order valence-electron chi connectivity index (χ0n) is 13.1. The Hall–Kier alpha value is -2.64. The third-order valence-corrected chi connectivity index (χ3v) is 4.30. The van der Waals surface area contributed by atoms with Crippen LogP contribution in [0.2, 0.25) is 0 Å². The minimum absolute atomic E-state index is 0.0923. The molecule has 0 aromatic carbocycles. The number of hydrogen-bond donors (Lipinski definition) is 1. The van der Waals surface area contributed by atoms with Crippen LogP contribution in [0.15, 0.2) is 29.2 Å². The van der Waals surface area contributed by atoms with Gasteiger partial charge in [-0.1, -0.05) is 5.16 Å². The number of imidazole rings is 1. The Morgan fingerprint density at radius 2 is 2.30 bits per heavy atom. The molecule has 2 amide bonds. The predicted octanol–water partition coefficient (Wildman–Crippen LogP) is 0.748. The molecule has 8 nitrogen and oxygen atoms in total. The number of aromatic nitrogens is 3. The van der Waals surface area contributed by atoms with Crippen LogP contribution in [0.5, 0.6) is 0 Å². The molecule has 1 fully saturated rings. The fraction of sp³-hybridized carbons (Fsp3) is 0.467. The lowest BCUT2D eigenvalue weighted by Crippen LogP contribution is -2.45. The number of nitrogens with zero attached hydrogens (tertiary/aromatic N) is 4. The number of carbonyl (C=O) groups excluding carboxylic acids is 2. The van der Waals surface area contributed by atoms with Gasteiger partial charge in [0, 0.05) is 51.4 Å². The molecule has 2 atom stereocenters. The number of carbonyl (C=O) groups is 2. The molecular weight excluding hydrogens is 298 g/mol. The van der Waals surface area contributed by atoms with Crippen LogP contribution in [0.25, 0.3) is 0 Å². The van der Waals surface area contributed by atoms with Crippen molar-refractivity contribution in [1.29, 1.82) is 0 Å². The molecule has 2 aromatic heterocycles. The molecular formula is C15H19N5O3. The number of likely N-dealkylation sites (tertiary alicyclic amines) is 1. The molecule has 122 valence electrons. The third-order valence-electron chi connectivity index (χ3n) is 4.30. The average Bonchev–Trinajstić information content (AvgIpc) is 3.20. The molecule has 23 heavy (non-hydrogen) atoms. The van der Waals surface area contributed by atoms with E-state index in [-0.39, 0.29) is 29.5 Å². The fourth-order valence-electron chi connectivity index (χ4n) is 3.02. The van der Waals surface area contributed by atoms with E-state index in [9.17, 15) is 9.59 Å². The summed E-state index contributed by atoms with van der Waals surface area (Å²) in [7, 11) is 3.69. The van der Waals surface area contributed by atoms with Crippen LogP contribution in [0.3, 0.4) is 0 Å². The molecule has 0 aliphatic carbocycles. The first-order valence-corrected chi connectivity index (χ1v) is 7.49. The van der Waals surface area contributed by atoms with Gasteiger partial charge in [-0.05, 0) is 6.42 Å². The van der Waals surface area contributed by atoms with Gasteiger partial charge in [0.25, 0.3) is 5.91 Å². The molecule has 1 saturated heterocycles. The highest BCUT2D eigenvalue weighted by Gasteiger charge is 2.37. The molecule has 0 unspecified atom stereocenters. The van der Waals surface area contributed by atoms with Gasteiger partial charge in [0.2, 0.25) is 5.91 Å². The second-order valence-electron chi connectivity index (χ2n) is 5.74. The van der Waals surface area contributed by atoms with Crippen molar-refractivity contribution in [3.63, 3.8) is 0 Å². The number of hydrogen-bond acceptors (Lipinski definition) is 5. The largest absolute Gasteiger partial charge is 0.364 e. The van der Waals surface area contributed by atoms with Crippen molar-refractivity contribution in [2.24, 2.45) is 13.0 Å². The maximum absolute atomic E-state index is 12.1. The Morgan fingerprint density at radius 1 is 1.48 bits per heavy atom. The fourth-order valence-corrected chi connectivity index (χ4v) is 3.02. The number of piperidine rings is 1. The first kappa shape index (κ1) is 15.3. The molecule has 1 aliphatic heterocycles. The Kier molecular flexibility index (Phi) is 4.14. The highest BCUT2D eigenvalue weighted by Crippen LogP contribution is 2.34. The Morgan fingerprint density at radius 3 is 2.96 bits per heavy atom. The van der Waals surface area contributed by atoms with Crippen LogP contribution in [0.4, 0.5) is 0 Å². The zero-order valence-corrected chi connectivity index (χ0v) is 13.1. The topological polar surface area (TPSA) is 93.3 Å². The molecule has 3 rings (SSSR count). The Bertz CT molecular complexity index is 694. The van der Waals surface area contributed by atoms with Gasteiger partial charge in [0.15, 0.2) is 5.69 Å². The van der Waals surface area contributed by atoms with Crippen molar-refractivity contribution >= 4 is 11.8 Å². The SMILES string of the molecule is CN1C(=O)CC[C@H](CNC(=O)c2ccon2)[C@H]1c1nccn1C. The van der Waals surface area contributed by atoms with Crippen LogP contribution in [0, 0.1) is 5.92 Å². The number of nitrogens with one attached hydrogen (secondary N) is 1. The van der Waals surface area contributed by atoms with E-state index in [2.05, 4.69) is 20.0 Å². The first-order chi connectivity index (χ1) is 11.1. The number of rotatable bonds is 4. The lowest BCUT2D eigenvalue weighted by Gasteiger charge is -2.38. The maximum atomic E-state index is 12.1. The normalized spacial score (nSPS) is 21.5. The quantitative estimate of drug-likeness (QED) is 0.898. The summed E-state index contributed by atoms with van der Waals surface area (Å²) in [5.74, 6) is 0.727. The van der Waals surface area contributed by atoms with Crippen LogP contribution < -0.4 is 5.32 Å². The standard InChI is InChI=1S/C15H19N5O3/c1-19-7-6-16-14(19)13-10(3-4-12(21)20(13)2)9-17-15(22)11-5-8-23-18-11/h5-8,10,13H,3-4,9H2,1-2H3,(H,17,22)/t10-,13+/m1/s1.